The zero-order chi connectivity index (χ0) is 19.1. The maximum absolute atomic E-state index is 12.7. The zero-order valence-electron chi connectivity index (χ0n) is 15.3. The van der Waals surface area contributed by atoms with E-state index in [2.05, 4.69) is 11.4 Å². The van der Waals surface area contributed by atoms with Gasteiger partial charge in [0.1, 0.15) is 0 Å². The molecule has 136 valence electrons. The molecule has 0 aliphatic heterocycles. The van der Waals surface area contributed by atoms with Gasteiger partial charge >= 0.3 is 6.03 Å². The lowest BCUT2D eigenvalue weighted by Gasteiger charge is -2.25. The van der Waals surface area contributed by atoms with E-state index in [1.54, 1.807) is 23.1 Å². The normalized spacial score (nSPS) is 10.5. The van der Waals surface area contributed by atoms with E-state index in [9.17, 15) is 4.79 Å². The molecule has 0 fully saturated rings. The van der Waals surface area contributed by atoms with Crippen LogP contribution in [-0.4, -0.2) is 43.0 Å². The number of rotatable bonds is 6. The molecule has 0 atom stereocenters. The summed E-state index contributed by atoms with van der Waals surface area (Å²) in [5.41, 5.74) is 3.21. The number of nitrogens with zero attached hydrogens (tertiary/aromatic N) is 3. The number of nitrogens with one attached hydrogen (secondary N) is 1. The van der Waals surface area contributed by atoms with E-state index >= 15 is 0 Å². The van der Waals surface area contributed by atoms with E-state index in [1.807, 2.05) is 50.2 Å². The maximum Gasteiger partial charge on any atom is 0.322 e. The number of anilines is 1. The Balaban J connectivity index is 2.12. The molecule has 0 saturated heterocycles. The molecule has 0 aromatic heterocycles. The van der Waals surface area contributed by atoms with Crippen LogP contribution in [0.2, 0.25) is 5.02 Å². The van der Waals surface area contributed by atoms with Crippen LogP contribution < -0.4 is 5.32 Å². The number of amides is 2. The molecule has 0 aliphatic rings. The number of halogens is 1. The third-order valence-electron chi connectivity index (χ3n) is 3.98. The lowest BCUT2D eigenvalue weighted by Crippen LogP contribution is -2.39. The van der Waals surface area contributed by atoms with Gasteiger partial charge in [0.15, 0.2) is 0 Å². The number of hydrogen-bond acceptors (Lipinski definition) is 3. The molecule has 2 aromatic carbocycles. The summed E-state index contributed by atoms with van der Waals surface area (Å²) >= 11 is 6.14. The molecule has 0 heterocycles. The predicted octanol–water partition coefficient (Wildman–Crippen LogP) is 4.12. The second kappa shape index (κ2) is 9.23. The van der Waals surface area contributed by atoms with Crippen LogP contribution >= 0.6 is 11.6 Å². The Kier molecular flexibility index (Phi) is 7.02. The van der Waals surface area contributed by atoms with Crippen LogP contribution in [-0.2, 0) is 6.54 Å². The van der Waals surface area contributed by atoms with Crippen LogP contribution in [0, 0.1) is 18.3 Å². The van der Waals surface area contributed by atoms with Gasteiger partial charge in [-0.05, 0) is 56.4 Å². The molecule has 26 heavy (non-hydrogen) atoms. The standard InChI is InChI=1S/C20H23ClN4O/c1-15-4-9-18(12-19(15)21)23-20(26)25(11-10-24(2)3)14-17-7-5-16(13-22)6-8-17/h4-9,12H,10-11,14H2,1-3H3,(H,23,26). The number of nitriles is 1. The molecular formula is C20H23ClN4O. The van der Waals surface area contributed by atoms with Crippen molar-refractivity contribution in [1.82, 2.24) is 9.80 Å². The van der Waals surface area contributed by atoms with Gasteiger partial charge in [0.2, 0.25) is 0 Å². The third-order valence-corrected chi connectivity index (χ3v) is 4.39. The highest BCUT2D eigenvalue weighted by atomic mass is 35.5. The summed E-state index contributed by atoms with van der Waals surface area (Å²) in [6.07, 6.45) is 0. The van der Waals surface area contributed by atoms with Crippen LogP contribution in [0.5, 0.6) is 0 Å². The van der Waals surface area contributed by atoms with Crippen molar-refractivity contribution in [3.05, 3.63) is 64.2 Å². The molecule has 0 aliphatic carbocycles. The summed E-state index contributed by atoms with van der Waals surface area (Å²) in [7, 11) is 3.94. The smallest absolute Gasteiger partial charge is 0.319 e. The van der Waals surface area contributed by atoms with Crippen molar-refractivity contribution in [2.24, 2.45) is 0 Å². The molecule has 0 bridgehead atoms. The minimum Gasteiger partial charge on any atom is -0.319 e. The Labute approximate surface area is 159 Å². The highest BCUT2D eigenvalue weighted by molar-refractivity contribution is 6.31. The summed E-state index contributed by atoms with van der Waals surface area (Å²) in [4.78, 5) is 16.5. The average Bonchev–Trinajstić information content (AvgIpc) is 2.62. The first kappa shape index (κ1) is 19.8. The molecule has 0 unspecified atom stereocenters. The summed E-state index contributed by atoms with van der Waals surface area (Å²) in [5, 5.41) is 12.4. The van der Waals surface area contributed by atoms with E-state index in [0.29, 0.717) is 29.4 Å². The zero-order valence-corrected chi connectivity index (χ0v) is 16.0. The predicted molar refractivity (Wildman–Crippen MR) is 105 cm³/mol. The molecule has 0 radical (unpaired) electrons. The molecular weight excluding hydrogens is 348 g/mol. The number of urea groups is 1. The fraction of sp³-hybridized carbons (Fsp3) is 0.300. The number of carbonyl (C=O) groups excluding carboxylic acids is 1. The lowest BCUT2D eigenvalue weighted by molar-refractivity contribution is 0.202. The van der Waals surface area contributed by atoms with Gasteiger partial charge < -0.3 is 15.1 Å². The topological polar surface area (TPSA) is 59.4 Å². The van der Waals surface area contributed by atoms with Gasteiger partial charge in [-0.1, -0.05) is 29.8 Å². The van der Waals surface area contributed by atoms with Gasteiger partial charge in [-0.3, -0.25) is 0 Å². The lowest BCUT2D eigenvalue weighted by atomic mass is 10.1. The highest BCUT2D eigenvalue weighted by Gasteiger charge is 2.15. The van der Waals surface area contributed by atoms with Gasteiger partial charge in [-0.15, -0.1) is 0 Å². The van der Waals surface area contributed by atoms with Crippen LogP contribution in [0.15, 0.2) is 42.5 Å². The van der Waals surface area contributed by atoms with Gasteiger partial charge in [-0.2, -0.15) is 5.26 Å². The van der Waals surface area contributed by atoms with Crippen molar-refractivity contribution < 1.29 is 4.79 Å². The third kappa shape index (κ3) is 5.76. The molecule has 0 spiro atoms. The van der Waals surface area contributed by atoms with Crippen molar-refractivity contribution in [1.29, 1.82) is 5.26 Å². The number of hydrogen-bond donors (Lipinski definition) is 1. The van der Waals surface area contributed by atoms with Gasteiger partial charge in [-0.25, -0.2) is 4.79 Å². The largest absolute Gasteiger partial charge is 0.322 e. The second-order valence-electron chi connectivity index (χ2n) is 6.43. The van der Waals surface area contributed by atoms with Crippen LogP contribution in [0.4, 0.5) is 10.5 Å². The van der Waals surface area contributed by atoms with Crippen molar-refractivity contribution in [3.63, 3.8) is 0 Å². The number of likely N-dealkylation sites (N-methyl/N-ethyl adjacent to an activating group) is 1. The molecule has 1 N–H and O–H groups in total. The Bertz CT molecular complexity index is 796. The van der Waals surface area contributed by atoms with E-state index in [4.69, 9.17) is 16.9 Å². The van der Waals surface area contributed by atoms with Gasteiger partial charge in [0, 0.05) is 30.3 Å². The fourth-order valence-corrected chi connectivity index (χ4v) is 2.53. The monoisotopic (exact) mass is 370 g/mol. The van der Waals surface area contributed by atoms with Gasteiger partial charge in [0.05, 0.1) is 11.6 Å². The quantitative estimate of drug-likeness (QED) is 0.832. The maximum atomic E-state index is 12.7. The van der Waals surface area contributed by atoms with Crippen LogP contribution in [0.25, 0.3) is 0 Å². The molecule has 2 amide bonds. The van der Waals surface area contributed by atoms with Crippen molar-refractivity contribution in [3.8, 4) is 6.07 Å². The Hall–Kier alpha value is -2.55. The van der Waals surface area contributed by atoms with Crippen LogP contribution in [0.3, 0.4) is 0 Å². The number of carbonyl (C=O) groups is 1. The van der Waals surface area contributed by atoms with Crippen molar-refractivity contribution in [2.45, 2.75) is 13.5 Å². The van der Waals surface area contributed by atoms with Gasteiger partial charge in [0.25, 0.3) is 0 Å². The number of aryl methyl sites for hydroxylation is 1. The first-order valence-electron chi connectivity index (χ1n) is 8.35. The molecule has 5 nitrogen and oxygen atoms in total. The minimum atomic E-state index is -0.184. The summed E-state index contributed by atoms with van der Waals surface area (Å²) in [6, 6.07) is 14.6. The minimum absolute atomic E-state index is 0.184. The second-order valence-corrected chi connectivity index (χ2v) is 6.83. The molecule has 0 saturated carbocycles. The first-order chi connectivity index (χ1) is 12.4. The SMILES string of the molecule is Cc1ccc(NC(=O)N(CCN(C)C)Cc2ccc(C#N)cc2)cc1Cl. The fourth-order valence-electron chi connectivity index (χ4n) is 2.35. The van der Waals surface area contributed by atoms with Crippen molar-refractivity contribution in [2.75, 3.05) is 32.5 Å². The van der Waals surface area contributed by atoms with Crippen molar-refractivity contribution >= 4 is 23.3 Å². The van der Waals surface area contributed by atoms with Crippen LogP contribution in [0.1, 0.15) is 16.7 Å². The van der Waals surface area contributed by atoms with E-state index in [-0.39, 0.29) is 6.03 Å². The molecule has 2 aromatic rings. The molecule has 6 heteroatoms. The van der Waals surface area contributed by atoms with E-state index in [1.165, 1.54) is 0 Å². The highest BCUT2D eigenvalue weighted by Crippen LogP contribution is 2.20. The van der Waals surface area contributed by atoms with E-state index < -0.39 is 0 Å². The summed E-state index contributed by atoms with van der Waals surface area (Å²) in [5.74, 6) is 0. The Morgan fingerprint density at radius 1 is 1.15 bits per heavy atom. The first-order valence-corrected chi connectivity index (χ1v) is 8.72. The van der Waals surface area contributed by atoms with E-state index in [0.717, 1.165) is 17.7 Å². The molecule has 2 rings (SSSR count). The Morgan fingerprint density at radius 3 is 2.42 bits per heavy atom. The average molecular weight is 371 g/mol. The number of benzene rings is 2. The Morgan fingerprint density at radius 2 is 1.85 bits per heavy atom. The summed E-state index contributed by atoms with van der Waals surface area (Å²) in [6.45, 7) is 3.71. The summed E-state index contributed by atoms with van der Waals surface area (Å²) < 4.78 is 0.